The Morgan fingerprint density at radius 3 is 1.65 bits per heavy atom. The number of nitrogens with zero attached hydrogens (tertiary/aromatic N) is 2. The largest absolute Gasteiger partial charge is 0.241 e. The number of aromatic nitrogens is 2. The van der Waals surface area contributed by atoms with Crippen molar-refractivity contribution in [2.75, 3.05) is 0 Å². The maximum Gasteiger partial charge on any atom is 0.150 e. The van der Waals surface area contributed by atoms with Crippen molar-refractivity contribution in [2.24, 2.45) is 0 Å². The van der Waals surface area contributed by atoms with Gasteiger partial charge in [-0.2, -0.15) is 5.10 Å². The topological polar surface area (TPSA) is 17.8 Å². The molecule has 152 valence electrons. The standard InChI is InChI=1S/C26H17BrFIN2/c27-21-16-22-24(23(28)17-21)31(30-25(22)29)26(18-10-4-1-5-11-18,19-12-6-2-7-13-19)20-14-8-3-9-15-20/h1-17H. The lowest BCUT2D eigenvalue weighted by molar-refractivity contribution is 0.465. The Morgan fingerprint density at radius 2 is 1.19 bits per heavy atom. The average Bonchev–Trinajstić information content (AvgIpc) is 3.13. The summed E-state index contributed by atoms with van der Waals surface area (Å²) in [4.78, 5) is 0. The fourth-order valence-electron chi connectivity index (χ4n) is 4.28. The van der Waals surface area contributed by atoms with E-state index in [0.717, 1.165) is 25.8 Å². The van der Waals surface area contributed by atoms with Crippen molar-refractivity contribution in [3.63, 3.8) is 0 Å². The van der Waals surface area contributed by atoms with Crippen molar-refractivity contribution < 1.29 is 4.39 Å². The van der Waals surface area contributed by atoms with E-state index in [4.69, 9.17) is 5.10 Å². The molecule has 0 aliphatic heterocycles. The van der Waals surface area contributed by atoms with E-state index >= 15 is 4.39 Å². The summed E-state index contributed by atoms with van der Waals surface area (Å²) in [5.74, 6) is -0.313. The van der Waals surface area contributed by atoms with E-state index in [1.807, 2.05) is 65.3 Å². The summed E-state index contributed by atoms with van der Waals surface area (Å²) in [6, 6.07) is 34.0. The van der Waals surface area contributed by atoms with Crippen molar-refractivity contribution in [3.05, 3.63) is 134 Å². The van der Waals surface area contributed by atoms with Crippen LogP contribution in [-0.4, -0.2) is 9.78 Å². The van der Waals surface area contributed by atoms with Crippen LogP contribution in [0, 0.1) is 9.52 Å². The normalized spacial score (nSPS) is 11.7. The van der Waals surface area contributed by atoms with E-state index in [2.05, 4.69) is 74.9 Å². The van der Waals surface area contributed by atoms with Crippen LogP contribution in [0.3, 0.4) is 0 Å². The summed E-state index contributed by atoms with van der Waals surface area (Å²) in [6.45, 7) is 0. The molecule has 0 N–H and O–H groups in total. The Balaban J connectivity index is 2.01. The zero-order valence-corrected chi connectivity index (χ0v) is 20.1. The average molecular weight is 583 g/mol. The summed E-state index contributed by atoms with van der Waals surface area (Å²) < 4.78 is 18.8. The highest BCUT2D eigenvalue weighted by Gasteiger charge is 2.41. The highest BCUT2D eigenvalue weighted by atomic mass is 127. The molecule has 5 heteroatoms. The lowest BCUT2D eigenvalue weighted by Crippen LogP contribution is -2.38. The zero-order valence-electron chi connectivity index (χ0n) is 16.3. The predicted molar refractivity (Wildman–Crippen MR) is 135 cm³/mol. The van der Waals surface area contributed by atoms with Crippen LogP contribution in [0.5, 0.6) is 0 Å². The van der Waals surface area contributed by atoms with Crippen LogP contribution < -0.4 is 0 Å². The molecule has 2 nitrogen and oxygen atoms in total. The molecule has 5 aromatic rings. The second-order valence-electron chi connectivity index (χ2n) is 7.29. The minimum atomic E-state index is -0.847. The molecule has 0 radical (unpaired) electrons. The first-order valence-electron chi connectivity index (χ1n) is 9.82. The smallest absolute Gasteiger partial charge is 0.150 e. The van der Waals surface area contributed by atoms with Crippen LogP contribution in [0.25, 0.3) is 10.9 Å². The molecule has 1 heterocycles. The minimum Gasteiger partial charge on any atom is -0.241 e. The molecule has 0 bridgehead atoms. The highest BCUT2D eigenvalue weighted by Crippen LogP contribution is 2.43. The maximum atomic E-state index is 15.5. The number of rotatable bonds is 4. The number of halogens is 3. The first-order chi connectivity index (χ1) is 15.1. The molecule has 0 fully saturated rings. The lowest BCUT2D eigenvalue weighted by Gasteiger charge is -2.37. The van der Waals surface area contributed by atoms with Gasteiger partial charge in [0.05, 0.1) is 0 Å². The van der Waals surface area contributed by atoms with E-state index in [1.54, 1.807) is 0 Å². The molecule has 0 aliphatic carbocycles. The molecule has 1 aromatic heterocycles. The maximum absolute atomic E-state index is 15.5. The molecule has 0 saturated heterocycles. The van der Waals surface area contributed by atoms with Gasteiger partial charge in [0.1, 0.15) is 20.6 Å². The Morgan fingerprint density at radius 1 is 0.742 bits per heavy atom. The third-order valence-corrected chi connectivity index (χ3v) is 6.80. The molecule has 0 spiro atoms. The summed E-state index contributed by atoms with van der Waals surface area (Å²) in [6.07, 6.45) is 0. The van der Waals surface area contributed by atoms with Gasteiger partial charge in [0, 0.05) is 9.86 Å². The van der Waals surface area contributed by atoms with Crippen LogP contribution in [0.4, 0.5) is 4.39 Å². The van der Waals surface area contributed by atoms with Crippen LogP contribution in [0.1, 0.15) is 16.7 Å². The Hall–Kier alpha value is -2.51. The van der Waals surface area contributed by atoms with Crippen molar-refractivity contribution >= 4 is 49.4 Å². The van der Waals surface area contributed by atoms with Crippen molar-refractivity contribution in [1.82, 2.24) is 9.78 Å². The van der Waals surface area contributed by atoms with E-state index < -0.39 is 5.54 Å². The predicted octanol–water partition coefficient (Wildman–Crippen LogP) is 7.38. The first kappa shape index (κ1) is 20.4. The van der Waals surface area contributed by atoms with E-state index in [1.165, 1.54) is 6.07 Å². The van der Waals surface area contributed by atoms with Gasteiger partial charge in [0.15, 0.2) is 0 Å². The second-order valence-corrected chi connectivity index (χ2v) is 9.23. The van der Waals surface area contributed by atoms with E-state index in [-0.39, 0.29) is 5.82 Å². The zero-order chi connectivity index (χ0) is 21.4. The van der Waals surface area contributed by atoms with Gasteiger partial charge in [-0.3, -0.25) is 0 Å². The van der Waals surface area contributed by atoms with Crippen LogP contribution in [0.2, 0.25) is 0 Å². The van der Waals surface area contributed by atoms with Crippen molar-refractivity contribution in [2.45, 2.75) is 5.54 Å². The number of benzene rings is 4. The van der Waals surface area contributed by atoms with Crippen LogP contribution >= 0.6 is 38.5 Å². The molecule has 4 aromatic carbocycles. The Labute approximate surface area is 202 Å². The fraction of sp³-hybridized carbons (Fsp3) is 0.0385. The molecule has 0 aliphatic rings. The molecule has 0 atom stereocenters. The Bertz CT molecular complexity index is 1260. The minimum absolute atomic E-state index is 0.313. The summed E-state index contributed by atoms with van der Waals surface area (Å²) in [7, 11) is 0. The van der Waals surface area contributed by atoms with Gasteiger partial charge < -0.3 is 0 Å². The van der Waals surface area contributed by atoms with Crippen molar-refractivity contribution in [3.8, 4) is 0 Å². The Kier molecular flexibility index (Phi) is 5.40. The molecule has 31 heavy (non-hydrogen) atoms. The van der Waals surface area contributed by atoms with Crippen LogP contribution in [0.15, 0.2) is 108 Å². The summed E-state index contributed by atoms with van der Waals surface area (Å²) >= 11 is 5.62. The molecule has 0 saturated carbocycles. The number of fused-ring (bicyclic) bond motifs is 1. The molecular weight excluding hydrogens is 566 g/mol. The van der Waals surface area contributed by atoms with Gasteiger partial charge in [-0.1, -0.05) is 107 Å². The second kappa shape index (κ2) is 8.20. The third-order valence-electron chi connectivity index (χ3n) is 5.54. The molecular formula is C26H17BrFIN2. The summed E-state index contributed by atoms with van der Waals surface area (Å²) in [5, 5.41) is 5.71. The fourth-order valence-corrected chi connectivity index (χ4v) is 5.33. The molecule has 0 amide bonds. The monoisotopic (exact) mass is 582 g/mol. The highest BCUT2D eigenvalue weighted by molar-refractivity contribution is 14.1. The number of hydrogen-bond donors (Lipinski definition) is 0. The van der Waals surface area contributed by atoms with Gasteiger partial charge in [-0.05, 0) is 51.4 Å². The molecule has 0 unspecified atom stereocenters. The lowest BCUT2D eigenvalue weighted by atomic mass is 9.77. The quantitative estimate of drug-likeness (QED) is 0.160. The van der Waals surface area contributed by atoms with E-state index in [9.17, 15) is 0 Å². The van der Waals surface area contributed by atoms with Gasteiger partial charge in [0.25, 0.3) is 0 Å². The SMILES string of the molecule is Fc1cc(Br)cc2c(I)nn(C(c3ccccc3)(c3ccccc3)c3ccccc3)c12. The molecule has 5 rings (SSSR count). The van der Waals surface area contributed by atoms with Gasteiger partial charge in [0.2, 0.25) is 0 Å². The summed E-state index contributed by atoms with van der Waals surface area (Å²) in [5.41, 5.74) is 2.66. The van der Waals surface area contributed by atoms with E-state index in [0.29, 0.717) is 9.99 Å². The van der Waals surface area contributed by atoms with Gasteiger partial charge in [-0.25, -0.2) is 9.07 Å². The van der Waals surface area contributed by atoms with Gasteiger partial charge >= 0.3 is 0 Å². The van der Waals surface area contributed by atoms with Crippen LogP contribution in [-0.2, 0) is 5.54 Å². The van der Waals surface area contributed by atoms with Gasteiger partial charge in [-0.15, -0.1) is 0 Å². The number of hydrogen-bond acceptors (Lipinski definition) is 1. The first-order valence-corrected chi connectivity index (χ1v) is 11.7. The third kappa shape index (κ3) is 3.31. The van der Waals surface area contributed by atoms with Crippen molar-refractivity contribution in [1.29, 1.82) is 0 Å².